The summed E-state index contributed by atoms with van der Waals surface area (Å²) in [7, 11) is 3.80. The maximum atomic E-state index is 12.6. The van der Waals surface area contributed by atoms with Crippen LogP contribution in [0.15, 0.2) is 17.4 Å². The smallest absolute Gasteiger partial charge is 0.255 e. The highest BCUT2D eigenvalue weighted by molar-refractivity contribution is 5.82. The zero-order valence-electron chi connectivity index (χ0n) is 15.5. The van der Waals surface area contributed by atoms with Crippen LogP contribution in [0.25, 0.3) is 11.2 Å². The van der Waals surface area contributed by atoms with Crippen molar-refractivity contribution < 1.29 is 0 Å². The maximum Gasteiger partial charge on any atom is 0.255 e. The van der Waals surface area contributed by atoms with E-state index in [1.54, 1.807) is 12.7 Å². The van der Waals surface area contributed by atoms with E-state index in [4.69, 9.17) is 4.98 Å². The number of nitrogens with zero attached hydrogens (tertiary/aromatic N) is 6. The van der Waals surface area contributed by atoms with Gasteiger partial charge in [0.1, 0.15) is 11.8 Å². The molecule has 1 atom stereocenters. The molecule has 2 aliphatic rings. The molecule has 5 rings (SSSR count). The summed E-state index contributed by atoms with van der Waals surface area (Å²) < 4.78 is 0. The lowest BCUT2D eigenvalue weighted by Crippen LogP contribution is -2.46. The van der Waals surface area contributed by atoms with Gasteiger partial charge in [0.15, 0.2) is 11.5 Å². The van der Waals surface area contributed by atoms with E-state index in [0.717, 1.165) is 61.4 Å². The summed E-state index contributed by atoms with van der Waals surface area (Å²) in [6, 6.07) is 0. The fourth-order valence-corrected chi connectivity index (χ4v) is 4.55. The molecule has 9 nitrogen and oxygen atoms in total. The highest BCUT2D eigenvalue weighted by atomic mass is 16.1. The molecule has 1 saturated heterocycles. The fourth-order valence-electron chi connectivity index (χ4n) is 4.55. The van der Waals surface area contributed by atoms with Gasteiger partial charge in [0, 0.05) is 38.2 Å². The van der Waals surface area contributed by atoms with Gasteiger partial charge in [-0.3, -0.25) is 9.78 Å². The largest absolute Gasteiger partial charge is 0.354 e. The van der Waals surface area contributed by atoms with Crippen molar-refractivity contribution in [3.63, 3.8) is 0 Å². The molecule has 140 valence electrons. The van der Waals surface area contributed by atoms with E-state index < -0.39 is 0 Å². The van der Waals surface area contributed by atoms with Crippen LogP contribution >= 0.6 is 0 Å². The molecule has 0 radical (unpaired) electrons. The molecular formula is C18H22N8O. The number of aromatic amines is 2. The lowest BCUT2D eigenvalue weighted by atomic mass is 9.77. The number of fused-ring (bicyclic) bond motifs is 3. The predicted octanol–water partition coefficient (Wildman–Crippen LogP) is 0.987. The van der Waals surface area contributed by atoms with E-state index in [1.807, 2.05) is 19.0 Å². The molecule has 2 N–H and O–H groups in total. The molecule has 4 heterocycles. The molecule has 0 amide bonds. The summed E-state index contributed by atoms with van der Waals surface area (Å²) in [6.45, 7) is 1.72. The van der Waals surface area contributed by atoms with E-state index >= 15 is 0 Å². The quantitative estimate of drug-likeness (QED) is 0.696. The first-order valence-electron chi connectivity index (χ1n) is 9.27. The van der Waals surface area contributed by atoms with Gasteiger partial charge in [-0.05, 0) is 25.7 Å². The molecule has 3 aromatic rings. The van der Waals surface area contributed by atoms with Crippen molar-refractivity contribution in [3.05, 3.63) is 34.3 Å². The number of hydrogen-bond donors (Lipinski definition) is 2. The first-order valence-corrected chi connectivity index (χ1v) is 9.27. The molecule has 0 bridgehead atoms. The van der Waals surface area contributed by atoms with Crippen LogP contribution in [0.5, 0.6) is 0 Å². The number of H-pyrrole nitrogens is 2. The van der Waals surface area contributed by atoms with Crippen LogP contribution in [0.2, 0.25) is 0 Å². The van der Waals surface area contributed by atoms with Gasteiger partial charge in [-0.1, -0.05) is 0 Å². The normalized spacial score (nSPS) is 21.8. The minimum atomic E-state index is -0.107. The maximum absolute atomic E-state index is 12.6. The Morgan fingerprint density at radius 1 is 1.22 bits per heavy atom. The third kappa shape index (κ3) is 2.41. The number of hydrogen-bond acceptors (Lipinski definition) is 7. The van der Waals surface area contributed by atoms with Crippen LogP contribution in [-0.4, -0.2) is 57.1 Å². The Hall–Kier alpha value is -2.97. The summed E-state index contributed by atoms with van der Waals surface area (Å²) in [4.78, 5) is 40.6. The molecule has 9 heteroatoms. The van der Waals surface area contributed by atoms with Crippen molar-refractivity contribution >= 4 is 22.9 Å². The average Bonchev–Trinajstić information content (AvgIpc) is 3.27. The lowest BCUT2D eigenvalue weighted by molar-refractivity contribution is 0.333. The number of nitrogens with one attached hydrogen (secondary N) is 2. The van der Waals surface area contributed by atoms with Crippen LogP contribution in [0.1, 0.15) is 30.5 Å². The van der Waals surface area contributed by atoms with E-state index in [2.05, 4.69) is 29.8 Å². The minimum absolute atomic E-state index is 0.00399. The number of rotatable bonds is 2. The molecule has 0 saturated carbocycles. The number of piperidine rings is 1. The Labute approximate surface area is 155 Å². The van der Waals surface area contributed by atoms with Crippen molar-refractivity contribution in [3.8, 4) is 0 Å². The van der Waals surface area contributed by atoms with Gasteiger partial charge in [-0.15, -0.1) is 0 Å². The topological polar surface area (TPSA) is 107 Å². The average molecular weight is 366 g/mol. The highest BCUT2D eigenvalue weighted by Crippen LogP contribution is 2.44. The van der Waals surface area contributed by atoms with Gasteiger partial charge in [-0.2, -0.15) is 0 Å². The highest BCUT2D eigenvalue weighted by Gasteiger charge is 2.45. The van der Waals surface area contributed by atoms with E-state index in [-0.39, 0.29) is 11.0 Å². The van der Waals surface area contributed by atoms with Crippen molar-refractivity contribution in [1.29, 1.82) is 0 Å². The first kappa shape index (κ1) is 16.2. The van der Waals surface area contributed by atoms with Crippen molar-refractivity contribution in [1.82, 2.24) is 29.9 Å². The molecule has 3 aromatic heterocycles. The molecule has 1 aliphatic carbocycles. The number of aromatic nitrogens is 6. The Bertz CT molecular complexity index is 1070. The van der Waals surface area contributed by atoms with Crippen LogP contribution < -0.4 is 15.4 Å². The standard InChI is InChI=1S/C18H22N8O/c1-25(2)17-23-13-11(16(27)24-17)4-6-18(13)5-3-7-26(8-18)15-12-14(20-9-19-12)21-10-22-15/h9-10H,3-8H2,1-2H3,(H,23,24,27)(H,19,20,21,22). The minimum Gasteiger partial charge on any atom is -0.354 e. The monoisotopic (exact) mass is 366 g/mol. The zero-order valence-corrected chi connectivity index (χ0v) is 15.5. The Morgan fingerprint density at radius 2 is 2.11 bits per heavy atom. The summed E-state index contributed by atoms with van der Waals surface area (Å²) >= 11 is 0. The molecular weight excluding hydrogens is 344 g/mol. The summed E-state index contributed by atoms with van der Waals surface area (Å²) in [5, 5.41) is 0. The van der Waals surface area contributed by atoms with E-state index in [1.165, 1.54) is 0 Å². The van der Waals surface area contributed by atoms with Gasteiger partial charge in [0.05, 0.1) is 12.0 Å². The van der Waals surface area contributed by atoms with Gasteiger partial charge in [0.25, 0.3) is 5.56 Å². The van der Waals surface area contributed by atoms with Gasteiger partial charge in [0.2, 0.25) is 5.95 Å². The SMILES string of the molecule is CN(C)c1nc2c(c(=O)[nH]1)CCC21CCCN(c2ncnc3nc[nH]c23)C1. The second-order valence-electron chi connectivity index (χ2n) is 7.71. The number of imidazole rings is 1. The van der Waals surface area contributed by atoms with E-state index in [9.17, 15) is 4.79 Å². The van der Waals surface area contributed by atoms with Gasteiger partial charge >= 0.3 is 0 Å². The molecule has 1 spiro atoms. The molecule has 0 aromatic carbocycles. The summed E-state index contributed by atoms with van der Waals surface area (Å²) in [5.74, 6) is 1.50. The van der Waals surface area contributed by atoms with Crippen LogP contribution in [-0.2, 0) is 11.8 Å². The van der Waals surface area contributed by atoms with E-state index in [0.29, 0.717) is 11.6 Å². The fraction of sp³-hybridized carbons (Fsp3) is 0.500. The molecule has 1 aliphatic heterocycles. The Morgan fingerprint density at radius 3 is 2.96 bits per heavy atom. The van der Waals surface area contributed by atoms with Crippen molar-refractivity contribution in [2.45, 2.75) is 31.1 Å². The second-order valence-corrected chi connectivity index (χ2v) is 7.71. The Balaban J connectivity index is 1.58. The third-order valence-electron chi connectivity index (χ3n) is 5.86. The van der Waals surface area contributed by atoms with Gasteiger partial charge in [-0.25, -0.2) is 19.9 Å². The molecule has 27 heavy (non-hydrogen) atoms. The van der Waals surface area contributed by atoms with Crippen molar-refractivity contribution in [2.24, 2.45) is 0 Å². The number of anilines is 2. The zero-order chi connectivity index (χ0) is 18.6. The van der Waals surface area contributed by atoms with Gasteiger partial charge < -0.3 is 14.8 Å². The van der Waals surface area contributed by atoms with Crippen molar-refractivity contribution in [2.75, 3.05) is 37.0 Å². The molecule has 1 fully saturated rings. The molecule has 1 unspecified atom stereocenters. The summed E-state index contributed by atoms with van der Waals surface area (Å²) in [5.41, 5.74) is 3.24. The Kier molecular flexibility index (Phi) is 3.46. The first-order chi connectivity index (χ1) is 13.1. The van der Waals surface area contributed by atoms with Crippen LogP contribution in [0.3, 0.4) is 0 Å². The lowest BCUT2D eigenvalue weighted by Gasteiger charge is -2.41. The van der Waals surface area contributed by atoms with Crippen LogP contribution in [0, 0.1) is 0 Å². The second kappa shape index (κ2) is 5.77. The van der Waals surface area contributed by atoms with Crippen LogP contribution in [0.4, 0.5) is 11.8 Å². The third-order valence-corrected chi connectivity index (χ3v) is 5.86. The predicted molar refractivity (Wildman–Crippen MR) is 102 cm³/mol. The summed E-state index contributed by atoms with van der Waals surface area (Å²) in [6.07, 6.45) is 7.01.